The summed E-state index contributed by atoms with van der Waals surface area (Å²) in [6, 6.07) is 51.1. The zero-order valence-corrected chi connectivity index (χ0v) is 22.7. The summed E-state index contributed by atoms with van der Waals surface area (Å²) in [4.78, 5) is 0. The van der Waals surface area contributed by atoms with Crippen molar-refractivity contribution in [3.63, 3.8) is 0 Å². The van der Waals surface area contributed by atoms with E-state index in [-0.39, 0.29) is 0 Å². The molecule has 0 unspecified atom stereocenters. The quantitative estimate of drug-likeness (QED) is 0.210. The Labute approximate surface area is 242 Å². The van der Waals surface area contributed by atoms with Gasteiger partial charge in [0.15, 0.2) is 0 Å². The van der Waals surface area contributed by atoms with Gasteiger partial charge in [-0.2, -0.15) is 0 Å². The van der Waals surface area contributed by atoms with E-state index in [9.17, 15) is 0 Å². The van der Waals surface area contributed by atoms with E-state index in [1.165, 1.54) is 21.9 Å². The molecule has 196 valence electrons. The molecule has 0 radical (unpaired) electrons. The number of furan rings is 2. The molecular weight excluding hydrogens is 512 g/mol. The average molecular weight is 537 g/mol. The Morgan fingerprint density at radius 2 is 0.810 bits per heavy atom. The number of para-hydroxylation sites is 1. The lowest BCUT2D eigenvalue weighted by molar-refractivity contribution is 0.633. The van der Waals surface area contributed by atoms with Gasteiger partial charge in [0.2, 0.25) is 0 Å². The van der Waals surface area contributed by atoms with Crippen molar-refractivity contribution in [2.24, 2.45) is 0 Å². The Morgan fingerprint density at radius 3 is 1.43 bits per heavy atom. The molecule has 0 aliphatic rings. The smallest absolute Gasteiger partial charge is 0.147 e. The fraction of sp³-hybridized carbons (Fsp3) is 0. The Morgan fingerprint density at radius 1 is 0.310 bits per heavy atom. The Balaban J connectivity index is 1.49. The molecule has 2 heteroatoms. The third-order valence-corrected chi connectivity index (χ3v) is 8.48. The molecule has 0 saturated carbocycles. The standard InChI is InChI=1S/C40H24O2/c1-3-13-25(14-4-1)35-28-18-7-9-20-30(28)37(31-21-10-8-19-29(31)35)40-36(26-15-5-2-6-16-26)38-34(42-40)24-23-32-27-17-11-12-22-33(27)41-39(32)38/h1-24H. The van der Waals surface area contributed by atoms with Gasteiger partial charge in [0.05, 0.1) is 5.39 Å². The summed E-state index contributed by atoms with van der Waals surface area (Å²) >= 11 is 0. The maximum atomic E-state index is 6.95. The normalized spacial score (nSPS) is 11.8. The molecule has 42 heavy (non-hydrogen) atoms. The molecule has 2 aromatic heterocycles. The van der Waals surface area contributed by atoms with E-state index in [2.05, 4.69) is 133 Å². The largest absolute Gasteiger partial charge is 0.455 e. The fourth-order valence-electron chi connectivity index (χ4n) is 6.71. The summed E-state index contributed by atoms with van der Waals surface area (Å²) in [6.45, 7) is 0. The SMILES string of the molecule is c1ccc(-c2c3ccccc3c(-c3oc4ccc5c6ccccc6oc5c4c3-c3ccccc3)c3ccccc23)cc1. The lowest BCUT2D eigenvalue weighted by atomic mass is 9.86. The van der Waals surface area contributed by atoms with Crippen LogP contribution in [0.3, 0.4) is 0 Å². The lowest BCUT2D eigenvalue weighted by Gasteiger charge is -2.17. The first-order valence-corrected chi connectivity index (χ1v) is 14.3. The van der Waals surface area contributed by atoms with Gasteiger partial charge >= 0.3 is 0 Å². The second-order valence-corrected chi connectivity index (χ2v) is 10.8. The average Bonchev–Trinajstić information content (AvgIpc) is 3.63. The van der Waals surface area contributed by atoms with Crippen molar-refractivity contribution < 1.29 is 8.83 Å². The molecule has 0 amide bonds. The summed E-state index contributed by atoms with van der Waals surface area (Å²) in [6.07, 6.45) is 0. The molecule has 0 aliphatic heterocycles. The van der Waals surface area contributed by atoms with Gasteiger partial charge in [0.1, 0.15) is 22.5 Å². The molecule has 0 spiro atoms. The van der Waals surface area contributed by atoms with Gasteiger partial charge in [0, 0.05) is 21.9 Å². The van der Waals surface area contributed by atoms with Gasteiger partial charge in [-0.15, -0.1) is 0 Å². The van der Waals surface area contributed by atoms with Gasteiger partial charge in [-0.1, -0.05) is 127 Å². The van der Waals surface area contributed by atoms with E-state index in [0.29, 0.717) is 0 Å². The van der Waals surface area contributed by atoms with Crippen LogP contribution in [0.15, 0.2) is 154 Å². The van der Waals surface area contributed by atoms with Crippen LogP contribution < -0.4 is 0 Å². The molecule has 0 atom stereocenters. The summed E-state index contributed by atoms with van der Waals surface area (Å²) < 4.78 is 13.5. The van der Waals surface area contributed by atoms with Crippen LogP contribution in [0.4, 0.5) is 0 Å². The highest BCUT2D eigenvalue weighted by Crippen LogP contribution is 2.50. The first-order valence-electron chi connectivity index (χ1n) is 14.3. The van der Waals surface area contributed by atoms with Crippen LogP contribution in [-0.2, 0) is 0 Å². The van der Waals surface area contributed by atoms with Crippen molar-refractivity contribution in [3.05, 3.63) is 146 Å². The Hall–Kier alpha value is -5.60. The van der Waals surface area contributed by atoms with Gasteiger partial charge in [-0.3, -0.25) is 0 Å². The maximum Gasteiger partial charge on any atom is 0.147 e. The van der Waals surface area contributed by atoms with Crippen LogP contribution in [0.25, 0.3) is 88.0 Å². The number of benzene rings is 7. The zero-order chi connectivity index (χ0) is 27.6. The van der Waals surface area contributed by atoms with E-state index in [1.807, 2.05) is 12.1 Å². The van der Waals surface area contributed by atoms with E-state index >= 15 is 0 Å². The third-order valence-electron chi connectivity index (χ3n) is 8.48. The second-order valence-electron chi connectivity index (χ2n) is 10.8. The van der Waals surface area contributed by atoms with Crippen molar-refractivity contribution in [1.29, 1.82) is 0 Å². The predicted octanol–water partition coefficient (Wildman–Crippen LogP) is 11.6. The molecular formula is C40H24O2. The highest BCUT2D eigenvalue weighted by atomic mass is 16.3. The first kappa shape index (κ1) is 23.1. The van der Waals surface area contributed by atoms with Crippen LogP contribution in [0.5, 0.6) is 0 Å². The lowest BCUT2D eigenvalue weighted by Crippen LogP contribution is -1.91. The predicted molar refractivity (Wildman–Crippen MR) is 175 cm³/mol. The van der Waals surface area contributed by atoms with Gasteiger partial charge in [-0.05, 0) is 56.4 Å². The molecule has 2 nitrogen and oxygen atoms in total. The van der Waals surface area contributed by atoms with Crippen molar-refractivity contribution in [2.45, 2.75) is 0 Å². The molecule has 0 aliphatic carbocycles. The first-order chi connectivity index (χ1) is 20.9. The summed E-state index contributed by atoms with van der Waals surface area (Å²) in [7, 11) is 0. The Kier molecular flexibility index (Phi) is 4.93. The van der Waals surface area contributed by atoms with Crippen molar-refractivity contribution >= 4 is 54.5 Å². The molecule has 0 fully saturated rings. The molecule has 0 N–H and O–H groups in total. The van der Waals surface area contributed by atoms with E-state index in [4.69, 9.17) is 8.83 Å². The van der Waals surface area contributed by atoms with Gasteiger partial charge < -0.3 is 8.83 Å². The Bertz CT molecular complexity index is 2390. The minimum Gasteiger partial charge on any atom is -0.455 e. The van der Waals surface area contributed by atoms with Crippen LogP contribution in [0.2, 0.25) is 0 Å². The fourth-order valence-corrected chi connectivity index (χ4v) is 6.71. The number of hydrogen-bond donors (Lipinski definition) is 0. The van der Waals surface area contributed by atoms with E-state index in [1.54, 1.807) is 0 Å². The highest BCUT2D eigenvalue weighted by Gasteiger charge is 2.26. The number of hydrogen-bond acceptors (Lipinski definition) is 2. The molecule has 7 aromatic carbocycles. The molecule has 2 heterocycles. The molecule has 0 bridgehead atoms. The van der Waals surface area contributed by atoms with Gasteiger partial charge in [-0.25, -0.2) is 0 Å². The highest BCUT2D eigenvalue weighted by molar-refractivity contribution is 6.25. The molecule has 9 rings (SSSR count). The minimum absolute atomic E-state index is 0.815. The van der Waals surface area contributed by atoms with E-state index in [0.717, 1.165) is 66.1 Å². The molecule has 9 aromatic rings. The van der Waals surface area contributed by atoms with Crippen molar-refractivity contribution in [3.8, 4) is 33.6 Å². The summed E-state index contributed by atoms with van der Waals surface area (Å²) in [5.41, 5.74) is 8.24. The topological polar surface area (TPSA) is 26.3 Å². The van der Waals surface area contributed by atoms with Crippen LogP contribution in [0.1, 0.15) is 0 Å². The zero-order valence-electron chi connectivity index (χ0n) is 22.7. The maximum absolute atomic E-state index is 6.95. The minimum atomic E-state index is 0.815. The second kappa shape index (κ2) is 8.95. The van der Waals surface area contributed by atoms with E-state index < -0.39 is 0 Å². The van der Waals surface area contributed by atoms with Crippen LogP contribution in [0, 0.1) is 0 Å². The number of rotatable bonds is 3. The summed E-state index contributed by atoms with van der Waals surface area (Å²) in [5, 5.41) is 7.93. The van der Waals surface area contributed by atoms with Crippen molar-refractivity contribution in [1.82, 2.24) is 0 Å². The number of fused-ring (bicyclic) bond motifs is 7. The monoisotopic (exact) mass is 536 g/mol. The summed E-state index contributed by atoms with van der Waals surface area (Å²) in [5.74, 6) is 0.858. The van der Waals surface area contributed by atoms with Crippen LogP contribution in [-0.4, -0.2) is 0 Å². The van der Waals surface area contributed by atoms with Gasteiger partial charge in [0.25, 0.3) is 0 Å². The van der Waals surface area contributed by atoms with Crippen LogP contribution >= 0.6 is 0 Å². The van der Waals surface area contributed by atoms with Crippen molar-refractivity contribution in [2.75, 3.05) is 0 Å². The molecule has 0 saturated heterocycles. The third kappa shape index (κ3) is 3.27.